The van der Waals surface area contributed by atoms with Crippen LogP contribution in [0.25, 0.3) is 0 Å². The van der Waals surface area contributed by atoms with E-state index in [1.54, 1.807) is 0 Å². The quantitative estimate of drug-likeness (QED) is 0.829. The number of ether oxygens (including phenoxy) is 1. The van der Waals surface area contributed by atoms with E-state index in [9.17, 15) is 5.11 Å². The molecule has 1 unspecified atom stereocenters. The molecule has 0 amide bonds. The highest BCUT2D eigenvalue weighted by Gasteiger charge is 2.21. The number of benzene rings is 1. The molecule has 136 valence electrons. The number of piperazine rings is 1. The van der Waals surface area contributed by atoms with Gasteiger partial charge in [0.1, 0.15) is 0 Å². The van der Waals surface area contributed by atoms with Crippen LogP contribution in [-0.4, -0.2) is 61.5 Å². The molecule has 24 heavy (non-hydrogen) atoms. The molecule has 4 nitrogen and oxygen atoms in total. The van der Waals surface area contributed by atoms with Gasteiger partial charge in [-0.15, -0.1) is 12.4 Å². The lowest BCUT2D eigenvalue weighted by molar-refractivity contribution is -0.0188. The van der Waals surface area contributed by atoms with Crippen LogP contribution in [0.1, 0.15) is 25.7 Å². The van der Waals surface area contributed by atoms with Crippen molar-refractivity contribution in [3.05, 3.63) is 29.3 Å². The maximum atomic E-state index is 10.2. The Morgan fingerprint density at radius 3 is 2.54 bits per heavy atom. The molecule has 6 heteroatoms. The predicted octanol–water partition coefficient (Wildman–Crippen LogP) is 3.20. The molecule has 3 rings (SSSR count). The van der Waals surface area contributed by atoms with Crippen LogP contribution >= 0.6 is 24.0 Å². The molecule has 1 atom stereocenters. The average Bonchev–Trinajstić information content (AvgIpc) is 3.07. The molecule has 1 aromatic rings. The third-order valence-corrected chi connectivity index (χ3v) is 5.08. The summed E-state index contributed by atoms with van der Waals surface area (Å²) in [7, 11) is 0. The number of rotatable bonds is 6. The maximum Gasteiger partial charge on any atom is 0.0900 e. The Morgan fingerprint density at radius 1 is 1.17 bits per heavy atom. The van der Waals surface area contributed by atoms with E-state index >= 15 is 0 Å². The molecule has 1 saturated heterocycles. The second-order valence-corrected chi connectivity index (χ2v) is 7.10. The molecule has 0 bridgehead atoms. The van der Waals surface area contributed by atoms with Crippen molar-refractivity contribution in [3.8, 4) is 0 Å². The van der Waals surface area contributed by atoms with Crippen molar-refractivity contribution < 1.29 is 9.84 Å². The molecular weight excluding hydrogens is 347 g/mol. The Labute approximate surface area is 156 Å². The molecule has 0 radical (unpaired) electrons. The van der Waals surface area contributed by atoms with Crippen molar-refractivity contribution >= 4 is 29.7 Å². The van der Waals surface area contributed by atoms with Crippen LogP contribution in [0.3, 0.4) is 0 Å². The lowest BCUT2D eigenvalue weighted by Gasteiger charge is -2.37. The minimum absolute atomic E-state index is 0. The van der Waals surface area contributed by atoms with Gasteiger partial charge in [-0.05, 0) is 31.0 Å². The maximum absolute atomic E-state index is 10.2. The summed E-state index contributed by atoms with van der Waals surface area (Å²) in [5.41, 5.74) is 1.18. The number of β-amino-alcohol motifs (C(OH)–C–C–N with tert-alkyl or cyclic N) is 1. The number of halogens is 2. The van der Waals surface area contributed by atoms with E-state index in [0.29, 0.717) is 19.3 Å². The summed E-state index contributed by atoms with van der Waals surface area (Å²) in [4.78, 5) is 4.67. The summed E-state index contributed by atoms with van der Waals surface area (Å²) in [6.45, 7) is 5.04. The number of aliphatic hydroxyl groups excluding tert-OH is 1. The van der Waals surface area contributed by atoms with Crippen LogP contribution in [-0.2, 0) is 4.74 Å². The van der Waals surface area contributed by atoms with Crippen LogP contribution in [0.2, 0.25) is 5.02 Å². The zero-order chi connectivity index (χ0) is 16.1. The van der Waals surface area contributed by atoms with Crippen molar-refractivity contribution in [2.45, 2.75) is 37.9 Å². The predicted molar refractivity (Wildman–Crippen MR) is 102 cm³/mol. The van der Waals surface area contributed by atoms with E-state index in [1.807, 2.05) is 18.2 Å². The summed E-state index contributed by atoms with van der Waals surface area (Å²) in [6.07, 6.45) is 4.85. The molecule has 1 saturated carbocycles. The third kappa shape index (κ3) is 5.78. The number of hydrogen-bond donors (Lipinski definition) is 1. The topological polar surface area (TPSA) is 35.9 Å². The molecule has 0 spiro atoms. The second-order valence-electron chi connectivity index (χ2n) is 6.66. The third-order valence-electron chi connectivity index (χ3n) is 4.84. The highest BCUT2D eigenvalue weighted by atomic mass is 35.5. The van der Waals surface area contributed by atoms with E-state index < -0.39 is 0 Å². The molecule has 1 heterocycles. The largest absolute Gasteiger partial charge is 0.389 e. The van der Waals surface area contributed by atoms with E-state index in [1.165, 1.54) is 18.5 Å². The Hall–Kier alpha value is -0.520. The lowest BCUT2D eigenvalue weighted by atomic mass is 10.2. The molecular formula is C18H28Cl2N2O2. The highest BCUT2D eigenvalue weighted by Crippen LogP contribution is 2.22. The van der Waals surface area contributed by atoms with E-state index in [0.717, 1.165) is 44.0 Å². The Morgan fingerprint density at radius 2 is 1.88 bits per heavy atom. The van der Waals surface area contributed by atoms with Gasteiger partial charge in [-0.1, -0.05) is 30.5 Å². The molecule has 2 aliphatic rings. The van der Waals surface area contributed by atoms with Gasteiger partial charge in [0.25, 0.3) is 0 Å². The van der Waals surface area contributed by atoms with Gasteiger partial charge in [0.15, 0.2) is 0 Å². The van der Waals surface area contributed by atoms with Gasteiger partial charge in [-0.2, -0.15) is 0 Å². The average molecular weight is 375 g/mol. The Kier molecular flexibility index (Phi) is 8.11. The van der Waals surface area contributed by atoms with Crippen molar-refractivity contribution in [2.24, 2.45) is 0 Å². The number of aliphatic hydroxyl groups is 1. The number of anilines is 1. The van der Waals surface area contributed by atoms with Gasteiger partial charge in [-0.3, -0.25) is 4.90 Å². The van der Waals surface area contributed by atoms with Gasteiger partial charge >= 0.3 is 0 Å². The number of nitrogens with zero attached hydrogens (tertiary/aromatic N) is 2. The standard InChI is InChI=1S/C18H27ClN2O2.ClH/c19-15-4-3-5-16(12-15)21-10-8-20(9-11-21)13-17(22)14-23-18-6-1-2-7-18;/h3-5,12,17-18,22H,1-2,6-11,13-14H2;1H. The Bertz CT molecular complexity index is 490. The molecule has 2 fully saturated rings. The summed E-state index contributed by atoms with van der Waals surface area (Å²) < 4.78 is 5.81. The van der Waals surface area contributed by atoms with Crippen molar-refractivity contribution in [3.63, 3.8) is 0 Å². The van der Waals surface area contributed by atoms with E-state index in [4.69, 9.17) is 16.3 Å². The summed E-state index contributed by atoms with van der Waals surface area (Å²) in [6, 6.07) is 8.02. The molecule has 1 N–H and O–H groups in total. The zero-order valence-electron chi connectivity index (χ0n) is 14.1. The van der Waals surface area contributed by atoms with Crippen LogP contribution in [0.5, 0.6) is 0 Å². The lowest BCUT2D eigenvalue weighted by Crippen LogP contribution is -2.49. The molecule has 0 aromatic heterocycles. The van der Waals surface area contributed by atoms with E-state index in [-0.39, 0.29) is 18.5 Å². The first kappa shape index (κ1) is 19.8. The monoisotopic (exact) mass is 374 g/mol. The van der Waals surface area contributed by atoms with Gasteiger partial charge in [-0.25, -0.2) is 0 Å². The molecule has 1 aromatic carbocycles. The van der Waals surface area contributed by atoms with Gasteiger partial charge in [0.2, 0.25) is 0 Å². The minimum atomic E-state index is -0.381. The fraction of sp³-hybridized carbons (Fsp3) is 0.667. The van der Waals surface area contributed by atoms with Gasteiger partial charge in [0.05, 0.1) is 18.8 Å². The van der Waals surface area contributed by atoms with Crippen LogP contribution < -0.4 is 4.90 Å². The highest BCUT2D eigenvalue weighted by molar-refractivity contribution is 6.30. The Balaban J connectivity index is 0.00000208. The SMILES string of the molecule is Cl.OC(COC1CCCC1)CN1CCN(c2cccc(Cl)c2)CC1. The van der Waals surface area contributed by atoms with E-state index in [2.05, 4.69) is 15.9 Å². The molecule has 1 aliphatic heterocycles. The summed E-state index contributed by atoms with van der Waals surface area (Å²) in [5, 5.41) is 11.0. The van der Waals surface area contributed by atoms with Crippen LogP contribution in [0, 0.1) is 0 Å². The summed E-state index contributed by atoms with van der Waals surface area (Å²) >= 11 is 6.07. The molecule has 1 aliphatic carbocycles. The summed E-state index contributed by atoms with van der Waals surface area (Å²) in [5.74, 6) is 0. The minimum Gasteiger partial charge on any atom is -0.389 e. The van der Waals surface area contributed by atoms with Gasteiger partial charge in [0, 0.05) is 43.4 Å². The fourth-order valence-corrected chi connectivity index (χ4v) is 3.70. The zero-order valence-corrected chi connectivity index (χ0v) is 15.6. The normalized spacial score (nSPS) is 20.8. The second kappa shape index (κ2) is 9.83. The van der Waals surface area contributed by atoms with Crippen LogP contribution in [0.4, 0.5) is 5.69 Å². The van der Waals surface area contributed by atoms with Crippen LogP contribution in [0.15, 0.2) is 24.3 Å². The van der Waals surface area contributed by atoms with Crippen molar-refractivity contribution in [1.82, 2.24) is 4.90 Å². The fourth-order valence-electron chi connectivity index (χ4n) is 3.51. The number of hydrogen-bond acceptors (Lipinski definition) is 4. The smallest absolute Gasteiger partial charge is 0.0900 e. The van der Waals surface area contributed by atoms with Crippen molar-refractivity contribution in [1.29, 1.82) is 0 Å². The van der Waals surface area contributed by atoms with Gasteiger partial charge < -0.3 is 14.7 Å². The first-order valence-corrected chi connectivity index (χ1v) is 9.11. The van der Waals surface area contributed by atoms with Crippen molar-refractivity contribution in [2.75, 3.05) is 44.2 Å². The first-order chi connectivity index (χ1) is 11.2. The first-order valence-electron chi connectivity index (χ1n) is 8.73.